The van der Waals surface area contributed by atoms with Crippen molar-refractivity contribution in [2.75, 3.05) is 12.4 Å². The largest absolute Gasteiger partial charge is 0.497 e. The van der Waals surface area contributed by atoms with Gasteiger partial charge in [-0.1, -0.05) is 13.8 Å². The minimum atomic E-state index is -0.545. The molecule has 2 N–H and O–H groups in total. The fraction of sp³-hybridized carbons (Fsp3) is 0.471. The van der Waals surface area contributed by atoms with E-state index in [2.05, 4.69) is 34.3 Å². The number of H-pyrrole nitrogens is 1. The minimum Gasteiger partial charge on any atom is -0.497 e. The summed E-state index contributed by atoms with van der Waals surface area (Å²) in [4.78, 5) is 16.8. The Morgan fingerprint density at radius 1 is 1.38 bits per heavy atom. The second kappa shape index (κ2) is 7.70. The lowest BCUT2D eigenvalue weighted by atomic mass is 10.2. The Morgan fingerprint density at radius 3 is 2.62 bits per heavy atom. The molecule has 1 heterocycles. The van der Waals surface area contributed by atoms with Crippen LogP contribution in [0.4, 0.5) is 5.95 Å². The van der Waals surface area contributed by atoms with Crippen LogP contribution in [-0.2, 0) is 4.79 Å². The van der Waals surface area contributed by atoms with Gasteiger partial charge in [0.2, 0.25) is 11.9 Å². The molecule has 2 aromatic rings. The van der Waals surface area contributed by atoms with E-state index in [1.54, 1.807) is 18.9 Å². The monoisotopic (exact) mass is 348 g/mol. The van der Waals surface area contributed by atoms with E-state index >= 15 is 0 Å². The molecule has 0 aliphatic heterocycles. The highest BCUT2D eigenvalue weighted by molar-refractivity contribution is 8.01. The molecule has 0 radical (unpaired) electrons. The van der Waals surface area contributed by atoms with Crippen molar-refractivity contribution in [2.45, 2.75) is 44.1 Å². The summed E-state index contributed by atoms with van der Waals surface area (Å²) in [6.45, 7) is 8.06. The van der Waals surface area contributed by atoms with Gasteiger partial charge in [0, 0.05) is 10.8 Å². The maximum Gasteiger partial charge on any atom is 0.249 e. The zero-order valence-corrected chi connectivity index (χ0v) is 15.5. The Kier molecular flexibility index (Phi) is 5.88. The Bertz CT molecular complexity index is 682. The average Bonchev–Trinajstić information content (AvgIpc) is 3.02. The summed E-state index contributed by atoms with van der Waals surface area (Å²) in [5, 5.41) is 10.1. The third kappa shape index (κ3) is 4.50. The first-order valence-corrected chi connectivity index (χ1v) is 8.79. The van der Waals surface area contributed by atoms with E-state index in [1.165, 1.54) is 0 Å². The Balaban J connectivity index is 2.06. The minimum absolute atomic E-state index is 0.104. The molecule has 0 bridgehead atoms. The highest BCUT2D eigenvalue weighted by Crippen LogP contribution is 2.31. The summed E-state index contributed by atoms with van der Waals surface area (Å²) in [5.41, 5.74) is 0.872. The molecule has 0 aliphatic carbocycles. The number of rotatable bonds is 7. The fourth-order valence-electron chi connectivity index (χ4n) is 2.09. The first kappa shape index (κ1) is 18.3. The van der Waals surface area contributed by atoms with Gasteiger partial charge >= 0.3 is 0 Å². The molecule has 1 aromatic heterocycles. The Labute approximate surface area is 146 Å². The van der Waals surface area contributed by atoms with Crippen LogP contribution in [0.25, 0.3) is 11.4 Å². The number of methoxy groups -OCH3 is 1. The van der Waals surface area contributed by atoms with E-state index in [0.29, 0.717) is 11.1 Å². The fourth-order valence-corrected chi connectivity index (χ4v) is 3.42. The topological polar surface area (TPSA) is 79.9 Å². The summed E-state index contributed by atoms with van der Waals surface area (Å²) in [6, 6.07) is 7.46. The van der Waals surface area contributed by atoms with Crippen molar-refractivity contribution >= 4 is 23.6 Å². The number of nitrogens with zero attached hydrogens (tertiary/aromatic N) is 2. The van der Waals surface area contributed by atoms with Gasteiger partial charge in [-0.3, -0.25) is 15.2 Å². The number of aromatic nitrogens is 3. The van der Waals surface area contributed by atoms with Crippen LogP contribution in [0.2, 0.25) is 0 Å². The number of benzene rings is 1. The third-order valence-electron chi connectivity index (χ3n) is 3.69. The van der Waals surface area contributed by atoms with Crippen LogP contribution in [0.5, 0.6) is 5.75 Å². The molecule has 0 saturated heterocycles. The Hall–Kier alpha value is -2.02. The number of thioether (sulfide) groups is 1. The molecule has 130 valence electrons. The quantitative estimate of drug-likeness (QED) is 0.797. The van der Waals surface area contributed by atoms with Gasteiger partial charge in [0.15, 0.2) is 5.82 Å². The van der Waals surface area contributed by atoms with E-state index in [9.17, 15) is 4.79 Å². The van der Waals surface area contributed by atoms with Gasteiger partial charge in [0.25, 0.3) is 0 Å². The zero-order chi connectivity index (χ0) is 17.7. The number of aromatic amines is 1. The van der Waals surface area contributed by atoms with Crippen LogP contribution in [0.3, 0.4) is 0 Å². The lowest BCUT2D eigenvalue weighted by molar-refractivity contribution is -0.117. The predicted molar refractivity (Wildman–Crippen MR) is 98.4 cm³/mol. The number of hydrogen-bond acceptors (Lipinski definition) is 5. The standard InChI is InChI=1S/C17H24N4O2S/c1-6-11(2)24-17(3,4)15(22)19-16-18-14(20-21-16)12-7-9-13(23-5)10-8-12/h7-11H,6H2,1-5H3,(H2,18,19,20,21,22). The van der Waals surface area contributed by atoms with Crippen LogP contribution in [0.15, 0.2) is 24.3 Å². The summed E-state index contributed by atoms with van der Waals surface area (Å²) >= 11 is 1.64. The number of anilines is 1. The highest BCUT2D eigenvalue weighted by Gasteiger charge is 2.30. The van der Waals surface area contributed by atoms with Crippen molar-refractivity contribution in [2.24, 2.45) is 0 Å². The van der Waals surface area contributed by atoms with E-state index in [0.717, 1.165) is 17.7 Å². The van der Waals surface area contributed by atoms with Gasteiger partial charge in [-0.25, -0.2) is 0 Å². The van der Waals surface area contributed by atoms with Crippen LogP contribution >= 0.6 is 11.8 Å². The predicted octanol–water partition coefficient (Wildman–Crippen LogP) is 3.73. The van der Waals surface area contributed by atoms with Crippen molar-refractivity contribution < 1.29 is 9.53 Å². The molecule has 1 aromatic carbocycles. The van der Waals surface area contributed by atoms with Gasteiger partial charge in [-0.2, -0.15) is 4.98 Å². The first-order chi connectivity index (χ1) is 11.4. The zero-order valence-electron chi connectivity index (χ0n) is 14.7. The second-order valence-corrected chi connectivity index (χ2v) is 8.10. The number of carbonyl (C=O) groups excluding carboxylic acids is 1. The second-order valence-electron chi connectivity index (χ2n) is 6.04. The van der Waals surface area contributed by atoms with Gasteiger partial charge in [0.1, 0.15) is 5.75 Å². The lowest BCUT2D eigenvalue weighted by Gasteiger charge is -2.25. The number of hydrogen-bond donors (Lipinski definition) is 2. The van der Waals surface area contributed by atoms with E-state index in [4.69, 9.17) is 4.74 Å². The van der Waals surface area contributed by atoms with Gasteiger partial charge in [0.05, 0.1) is 11.9 Å². The Morgan fingerprint density at radius 2 is 2.04 bits per heavy atom. The van der Waals surface area contributed by atoms with Gasteiger partial charge in [-0.05, 0) is 44.5 Å². The summed E-state index contributed by atoms with van der Waals surface area (Å²) in [5.74, 6) is 1.55. The van der Waals surface area contributed by atoms with Crippen molar-refractivity contribution in [1.29, 1.82) is 0 Å². The lowest BCUT2D eigenvalue weighted by Crippen LogP contribution is -2.35. The van der Waals surface area contributed by atoms with Crippen molar-refractivity contribution in [3.8, 4) is 17.1 Å². The molecule has 6 nitrogen and oxygen atoms in total. The molecule has 0 spiro atoms. The van der Waals surface area contributed by atoms with Crippen LogP contribution in [-0.4, -0.2) is 38.2 Å². The maximum absolute atomic E-state index is 12.5. The molecule has 1 amide bonds. The maximum atomic E-state index is 12.5. The molecule has 1 atom stereocenters. The van der Waals surface area contributed by atoms with Crippen LogP contribution in [0.1, 0.15) is 34.1 Å². The number of carbonyl (C=O) groups is 1. The number of ether oxygens (including phenoxy) is 1. The molecule has 2 rings (SSSR count). The molecule has 0 aliphatic rings. The molecule has 7 heteroatoms. The van der Waals surface area contributed by atoms with Gasteiger partial charge in [-0.15, -0.1) is 16.9 Å². The molecule has 0 fully saturated rings. The SMILES string of the molecule is CCC(C)SC(C)(C)C(=O)Nc1n[nH]c(-c2ccc(OC)cc2)n1. The first-order valence-electron chi connectivity index (χ1n) is 7.91. The molecular formula is C17H24N4O2S. The normalized spacial score (nSPS) is 12.7. The van der Waals surface area contributed by atoms with E-state index < -0.39 is 4.75 Å². The molecule has 24 heavy (non-hydrogen) atoms. The molecule has 1 unspecified atom stereocenters. The van der Waals surface area contributed by atoms with Crippen molar-refractivity contribution in [3.63, 3.8) is 0 Å². The van der Waals surface area contributed by atoms with E-state index in [1.807, 2.05) is 38.1 Å². The summed E-state index contributed by atoms with van der Waals surface area (Å²) in [6.07, 6.45) is 1.02. The highest BCUT2D eigenvalue weighted by atomic mass is 32.2. The average molecular weight is 348 g/mol. The van der Waals surface area contributed by atoms with Crippen LogP contribution < -0.4 is 10.1 Å². The molecule has 0 saturated carbocycles. The smallest absolute Gasteiger partial charge is 0.249 e. The summed E-state index contributed by atoms with van der Waals surface area (Å²) in [7, 11) is 1.62. The third-order valence-corrected chi connectivity index (χ3v) is 5.20. The van der Waals surface area contributed by atoms with E-state index in [-0.39, 0.29) is 11.9 Å². The summed E-state index contributed by atoms with van der Waals surface area (Å²) < 4.78 is 4.59. The van der Waals surface area contributed by atoms with Crippen molar-refractivity contribution in [1.82, 2.24) is 15.2 Å². The van der Waals surface area contributed by atoms with Gasteiger partial charge < -0.3 is 4.74 Å². The molecular weight excluding hydrogens is 324 g/mol. The van der Waals surface area contributed by atoms with Crippen LogP contribution in [0, 0.1) is 0 Å². The number of nitrogens with one attached hydrogen (secondary N) is 2. The number of amides is 1. The van der Waals surface area contributed by atoms with Crippen molar-refractivity contribution in [3.05, 3.63) is 24.3 Å².